The maximum absolute atomic E-state index is 13.1. The molecule has 7 heteroatoms. The molecule has 3 N–H and O–H groups in total. The summed E-state index contributed by atoms with van der Waals surface area (Å²) in [7, 11) is 0. The van der Waals surface area contributed by atoms with Gasteiger partial charge in [0, 0.05) is 5.56 Å². The summed E-state index contributed by atoms with van der Waals surface area (Å²) in [6.45, 7) is 0. The standard InChI is InChI=1S/C8H5ClF3NO2/c9-4-3(10)1-2(5(11)6(4)12)7(13)8(14)15/h1,7H,13H2,(H,14,15). The normalized spacial score (nSPS) is 12.6. The maximum Gasteiger partial charge on any atom is 0.325 e. The first-order valence-corrected chi connectivity index (χ1v) is 4.05. The van der Waals surface area contributed by atoms with E-state index in [4.69, 9.17) is 22.4 Å². The fourth-order valence-corrected chi connectivity index (χ4v) is 1.09. The topological polar surface area (TPSA) is 63.3 Å². The second-order valence-electron chi connectivity index (χ2n) is 2.71. The van der Waals surface area contributed by atoms with E-state index in [9.17, 15) is 18.0 Å². The van der Waals surface area contributed by atoms with Gasteiger partial charge in [-0.25, -0.2) is 13.2 Å². The number of hydrogen-bond donors (Lipinski definition) is 2. The molecular formula is C8H5ClF3NO2. The van der Waals surface area contributed by atoms with Gasteiger partial charge in [0.2, 0.25) is 0 Å². The zero-order valence-electron chi connectivity index (χ0n) is 7.10. The molecule has 1 aromatic rings. The quantitative estimate of drug-likeness (QED) is 0.611. The second-order valence-corrected chi connectivity index (χ2v) is 3.08. The molecule has 0 saturated carbocycles. The molecule has 0 aliphatic heterocycles. The molecule has 0 aliphatic carbocycles. The van der Waals surface area contributed by atoms with Crippen LogP contribution in [0.25, 0.3) is 0 Å². The molecule has 0 fully saturated rings. The molecule has 0 saturated heterocycles. The second kappa shape index (κ2) is 4.08. The lowest BCUT2D eigenvalue weighted by Gasteiger charge is -2.09. The van der Waals surface area contributed by atoms with Crippen molar-refractivity contribution >= 4 is 17.6 Å². The SMILES string of the molecule is NC(C(=O)O)c1cc(F)c(Cl)c(F)c1F. The number of aliphatic carboxylic acids is 1. The lowest BCUT2D eigenvalue weighted by Crippen LogP contribution is -2.22. The number of nitrogens with two attached hydrogens (primary N) is 1. The van der Waals surface area contributed by atoms with Crippen molar-refractivity contribution in [1.82, 2.24) is 0 Å². The van der Waals surface area contributed by atoms with Crippen molar-refractivity contribution in [1.29, 1.82) is 0 Å². The van der Waals surface area contributed by atoms with Crippen LogP contribution in [0.15, 0.2) is 6.07 Å². The zero-order valence-corrected chi connectivity index (χ0v) is 7.86. The molecule has 1 unspecified atom stereocenters. The van der Waals surface area contributed by atoms with E-state index >= 15 is 0 Å². The summed E-state index contributed by atoms with van der Waals surface area (Å²) < 4.78 is 38.8. The van der Waals surface area contributed by atoms with Gasteiger partial charge in [0.25, 0.3) is 0 Å². The van der Waals surface area contributed by atoms with E-state index < -0.39 is 40.0 Å². The van der Waals surface area contributed by atoms with Gasteiger partial charge in [-0.15, -0.1) is 0 Å². The summed E-state index contributed by atoms with van der Waals surface area (Å²) >= 11 is 5.06. The minimum Gasteiger partial charge on any atom is -0.480 e. The molecule has 1 atom stereocenters. The highest BCUT2D eigenvalue weighted by atomic mass is 35.5. The highest BCUT2D eigenvalue weighted by Crippen LogP contribution is 2.27. The molecule has 1 rings (SSSR count). The van der Waals surface area contributed by atoms with Crippen LogP contribution in [-0.2, 0) is 4.79 Å². The Morgan fingerprint density at radius 2 is 1.93 bits per heavy atom. The number of benzene rings is 1. The van der Waals surface area contributed by atoms with Gasteiger partial charge in [-0.2, -0.15) is 0 Å². The highest BCUT2D eigenvalue weighted by molar-refractivity contribution is 6.30. The average Bonchev–Trinajstić information content (AvgIpc) is 2.19. The van der Waals surface area contributed by atoms with E-state index in [0.29, 0.717) is 6.07 Å². The fourth-order valence-electron chi connectivity index (χ4n) is 0.950. The Morgan fingerprint density at radius 3 is 2.40 bits per heavy atom. The lowest BCUT2D eigenvalue weighted by molar-refractivity contribution is -0.138. The molecule has 1 aromatic carbocycles. The van der Waals surface area contributed by atoms with E-state index in [2.05, 4.69) is 0 Å². The highest BCUT2D eigenvalue weighted by Gasteiger charge is 2.24. The van der Waals surface area contributed by atoms with Gasteiger partial charge < -0.3 is 10.8 Å². The first-order chi connectivity index (χ1) is 6.86. The van der Waals surface area contributed by atoms with E-state index in [0.717, 1.165) is 0 Å². The van der Waals surface area contributed by atoms with Gasteiger partial charge in [-0.3, -0.25) is 4.79 Å². The van der Waals surface area contributed by atoms with Crippen LogP contribution in [0.4, 0.5) is 13.2 Å². The van der Waals surface area contributed by atoms with Crippen LogP contribution >= 0.6 is 11.6 Å². The number of hydrogen-bond acceptors (Lipinski definition) is 2. The van der Waals surface area contributed by atoms with Crippen molar-refractivity contribution in [3.8, 4) is 0 Å². The maximum atomic E-state index is 13.1. The number of halogens is 4. The van der Waals surface area contributed by atoms with Crippen LogP contribution in [0.1, 0.15) is 11.6 Å². The Hall–Kier alpha value is -1.27. The van der Waals surface area contributed by atoms with Crippen molar-refractivity contribution in [3.05, 3.63) is 34.1 Å². The van der Waals surface area contributed by atoms with E-state index in [1.54, 1.807) is 0 Å². The van der Waals surface area contributed by atoms with Crippen LogP contribution in [0.2, 0.25) is 5.02 Å². The lowest BCUT2D eigenvalue weighted by atomic mass is 10.1. The third-order valence-corrected chi connectivity index (χ3v) is 2.08. The van der Waals surface area contributed by atoms with Crippen molar-refractivity contribution in [2.45, 2.75) is 6.04 Å². The van der Waals surface area contributed by atoms with Gasteiger partial charge in [0.15, 0.2) is 11.6 Å². The number of carbonyl (C=O) groups is 1. The zero-order chi connectivity index (χ0) is 11.7. The largest absolute Gasteiger partial charge is 0.480 e. The molecular weight excluding hydrogens is 235 g/mol. The molecule has 15 heavy (non-hydrogen) atoms. The van der Waals surface area contributed by atoms with Crippen molar-refractivity contribution in [2.75, 3.05) is 0 Å². The summed E-state index contributed by atoms with van der Waals surface area (Å²) in [5.41, 5.74) is 4.22. The van der Waals surface area contributed by atoms with E-state index in [1.165, 1.54) is 0 Å². The van der Waals surface area contributed by atoms with Crippen LogP contribution in [-0.4, -0.2) is 11.1 Å². The van der Waals surface area contributed by atoms with Crippen LogP contribution < -0.4 is 5.73 Å². The predicted molar refractivity (Wildman–Crippen MR) is 45.9 cm³/mol. The van der Waals surface area contributed by atoms with Gasteiger partial charge in [-0.05, 0) is 6.07 Å². The Labute approximate surface area is 87.3 Å². The molecule has 0 spiro atoms. The van der Waals surface area contributed by atoms with E-state index in [-0.39, 0.29) is 0 Å². The third kappa shape index (κ3) is 2.05. The monoisotopic (exact) mass is 239 g/mol. The summed E-state index contributed by atoms with van der Waals surface area (Å²) in [6, 6.07) is -1.38. The molecule has 0 aliphatic rings. The number of carboxylic acid groups (broad SMARTS) is 1. The summed E-state index contributed by atoms with van der Waals surface area (Å²) in [6.07, 6.45) is 0. The van der Waals surface area contributed by atoms with Gasteiger partial charge >= 0.3 is 5.97 Å². The first-order valence-electron chi connectivity index (χ1n) is 3.67. The van der Waals surface area contributed by atoms with Crippen molar-refractivity contribution in [2.24, 2.45) is 5.73 Å². The van der Waals surface area contributed by atoms with Crippen LogP contribution in [0.5, 0.6) is 0 Å². The van der Waals surface area contributed by atoms with Crippen molar-refractivity contribution < 1.29 is 23.1 Å². The first kappa shape index (κ1) is 11.8. The van der Waals surface area contributed by atoms with Crippen LogP contribution in [0.3, 0.4) is 0 Å². The van der Waals surface area contributed by atoms with Gasteiger partial charge in [0.05, 0.1) is 0 Å². The smallest absolute Gasteiger partial charge is 0.325 e. The molecule has 3 nitrogen and oxygen atoms in total. The average molecular weight is 240 g/mol. The number of rotatable bonds is 2. The summed E-state index contributed by atoms with van der Waals surface area (Å²) in [5.74, 6) is -6.07. The fraction of sp³-hybridized carbons (Fsp3) is 0.125. The molecule has 0 heterocycles. The van der Waals surface area contributed by atoms with Crippen molar-refractivity contribution in [3.63, 3.8) is 0 Å². The minimum atomic E-state index is -1.84. The van der Waals surface area contributed by atoms with Crippen LogP contribution in [0, 0.1) is 17.5 Å². The molecule has 0 radical (unpaired) electrons. The number of carboxylic acids is 1. The minimum absolute atomic E-state index is 0.458. The predicted octanol–water partition coefficient (Wildman–Crippen LogP) is 1.84. The Balaban J connectivity index is 3.38. The summed E-state index contributed by atoms with van der Waals surface area (Å²) in [5, 5.41) is 7.41. The third-order valence-electron chi connectivity index (χ3n) is 1.73. The summed E-state index contributed by atoms with van der Waals surface area (Å²) in [4.78, 5) is 10.4. The Bertz CT molecular complexity index is 425. The van der Waals surface area contributed by atoms with Gasteiger partial charge in [0.1, 0.15) is 16.9 Å². The van der Waals surface area contributed by atoms with E-state index in [1.807, 2.05) is 0 Å². The Morgan fingerprint density at radius 1 is 1.40 bits per heavy atom. The van der Waals surface area contributed by atoms with Gasteiger partial charge in [-0.1, -0.05) is 11.6 Å². The Kier molecular flexibility index (Phi) is 3.21. The molecule has 0 aromatic heterocycles. The molecule has 0 bridgehead atoms. The molecule has 0 amide bonds. The molecule has 82 valence electrons.